The first-order valence-corrected chi connectivity index (χ1v) is 9.48. The summed E-state index contributed by atoms with van der Waals surface area (Å²) in [6.07, 6.45) is 3.88. The highest BCUT2D eigenvalue weighted by molar-refractivity contribution is 5.96. The van der Waals surface area contributed by atoms with Gasteiger partial charge in [-0.25, -0.2) is 0 Å². The molecule has 2 aromatic carbocycles. The summed E-state index contributed by atoms with van der Waals surface area (Å²) in [5.41, 5.74) is 6.03. The van der Waals surface area contributed by atoms with Gasteiger partial charge in [0.1, 0.15) is 0 Å². The molecule has 0 saturated carbocycles. The van der Waals surface area contributed by atoms with E-state index in [0.29, 0.717) is 0 Å². The van der Waals surface area contributed by atoms with Crippen molar-refractivity contribution in [2.75, 3.05) is 0 Å². The van der Waals surface area contributed by atoms with Gasteiger partial charge in [-0.3, -0.25) is 4.79 Å². The molecule has 2 nitrogen and oxygen atoms in total. The second kappa shape index (κ2) is 7.43. The molecule has 0 saturated heterocycles. The molecule has 0 atom stereocenters. The molecule has 4 aliphatic carbocycles. The van der Waals surface area contributed by atoms with Crippen molar-refractivity contribution < 1.29 is 4.79 Å². The quantitative estimate of drug-likeness (QED) is 0.787. The van der Waals surface area contributed by atoms with Gasteiger partial charge in [0.2, 0.25) is 0 Å². The molecular weight excluding hydrogens is 306 g/mol. The highest BCUT2D eigenvalue weighted by Gasteiger charge is 2.24. The summed E-state index contributed by atoms with van der Waals surface area (Å²) in [5.74, 6) is 0.174. The van der Waals surface area contributed by atoms with Crippen LogP contribution < -0.4 is 0 Å². The molecule has 0 fully saturated rings. The maximum Gasteiger partial charge on any atom is 0.254 e. The van der Waals surface area contributed by atoms with E-state index in [9.17, 15) is 4.79 Å². The van der Waals surface area contributed by atoms with Crippen LogP contribution in [0.1, 0.15) is 60.3 Å². The van der Waals surface area contributed by atoms with Crippen LogP contribution in [0.3, 0.4) is 0 Å². The molecule has 0 N–H and O–H groups in total. The monoisotopic (exact) mass is 335 g/mol. The number of hydrogen-bond acceptors (Lipinski definition) is 1. The Labute approximate surface area is 151 Å². The third-order valence-corrected chi connectivity index (χ3v) is 5.16. The number of amides is 1. The molecule has 4 bridgehead atoms. The summed E-state index contributed by atoms with van der Waals surface area (Å²) in [6.45, 7) is 8.39. The normalized spacial score (nSPS) is 13.8. The lowest BCUT2D eigenvalue weighted by molar-refractivity contribution is 0.0642. The molecule has 0 aromatic heterocycles. The molecule has 0 radical (unpaired) electrons. The van der Waals surface area contributed by atoms with Crippen LogP contribution >= 0.6 is 0 Å². The van der Waals surface area contributed by atoms with Crippen molar-refractivity contribution in [2.24, 2.45) is 0 Å². The molecule has 0 spiro atoms. The second-order valence-corrected chi connectivity index (χ2v) is 7.71. The van der Waals surface area contributed by atoms with Crippen LogP contribution in [0.2, 0.25) is 0 Å². The van der Waals surface area contributed by atoms with Crippen LogP contribution in [0, 0.1) is 0 Å². The van der Waals surface area contributed by atoms with Crippen molar-refractivity contribution in [3.63, 3.8) is 0 Å². The number of aryl methyl sites for hydroxylation is 4. The van der Waals surface area contributed by atoms with Gasteiger partial charge in [0.25, 0.3) is 5.91 Å². The maximum absolute atomic E-state index is 13.3. The van der Waals surface area contributed by atoms with Gasteiger partial charge < -0.3 is 4.90 Å². The van der Waals surface area contributed by atoms with Crippen LogP contribution in [0.25, 0.3) is 0 Å². The molecule has 0 unspecified atom stereocenters. The summed E-state index contributed by atoms with van der Waals surface area (Å²) in [4.78, 5) is 15.3. The first kappa shape index (κ1) is 17.7. The zero-order valence-electron chi connectivity index (χ0n) is 15.9. The van der Waals surface area contributed by atoms with E-state index >= 15 is 0 Å². The fourth-order valence-corrected chi connectivity index (χ4v) is 3.84. The first-order chi connectivity index (χ1) is 12.0. The van der Waals surface area contributed by atoms with Gasteiger partial charge in [-0.2, -0.15) is 0 Å². The van der Waals surface area contributed by atoms with E-state index in [2.05, 4.69) is 70.2 Å². The van der Waals surface area contributed by atoms with Gasteiger partial charge in [0.15, 0.2) is 0 Å². The Balaban J connectivity index is 1.99. The fourth-order valence-electron chi connectivity index (χ4n) is 3.84. The zero-order chi connectivity index (χ0) is 18.0. The highest BCUT2D eigenvalue weighted by atomic mass is 16.2. The van der Waals surface area contributed by atoms with E-state index in [1.165, 1.54) is 22.3 Å². The summed E-state index contributed by atoms with van der Waals surface area (Å²) in [6, 6.07) is 15.9. The van der Waals surface area contributed by atoms with E-state index in [4.69, 9.17) is 0 Å². The first-order valence-electron chi connectivity index (χ1n) is 9.48. The van der Waals surface area contributed by atoms with Crippen molar-refractivity contribution in [2.45, 2.75) is 65.5 Å². The third kappa shape index (κ3) is 3.95. The molecule has 2 heteroatoms. The second-order valence-electron chi connectivity index (χ2n) is 7.71. The topological polar surface area (TPSA) is 20.3 Å². The predicted molar refractivity (Wildman–Crippen MR) is 104 cm³/mol. The third-order valence-electron chi connectivity index (χ3n) is 5.16. The maximum atomic E-state index is 13.3. The molecule has 132 valence electrons. The molecule has 0 aliphatic heterocycles. The molecular formula is C23H29NO. The number of nitrogens with zero attached hydrogens (tertiary/aromatic N) is 1. The van der Waals surface area contributed by atoms with Crippen molar-refractivity contribution >= 4 is 5.91 Å². The van der Waals surface area contributed by atoms with E-state index in [1.54, 1.807) is 0 Å². The van der Waals surface area contributed by atoms with Crippen molar-refractivity contribution in [1.29, 1.82) is 0 Å². The average molecular weight is 335 g/mol. The summed E-state index contributed by atoms with van der Waals surface area (Å²) < 4.78 is 0. The lowest BCUT2D eigenvalue weighted by Crippen LogP contribution is -2.42. The van der Waals surface area contributed by atoms with Crippen molar-refractivity contribution in [1.82, 2.24) is 4.90 Å². The number of hydrogen-bond donors (Lipinski definition) is 0. The van der Waals surface area contributed by atoms with Crippen LogP contribution in [-0.4, -0.2) is 22.9 Å². The largest absolute Gasteiger partial charge is 0.334 e. The number of benzene rings is 2. The number of carbonyl (C=O) groups excluding carboxylic acids is 1. The molecule has 0 heterocycles. The van der Waals surface area contributed by atoms with Crippen LogP contribution in [-0.2, 0) is 25.7 Å². The Kier molecular flexibility index (Phi) is 5.27. The summed E-state index contributed by atoms with van der Waals surface area (Å²) >= 11 is 0. The minimum absolute atomic E-state index is 0.174. The van der Waals surface area contributed by atoms with Crippen LogP contribution in [0.15, 0.2) is 42.5 Å². The smallest absolute Gasteiger partial charge is 0.254 e. The Morgan fingerprint density at radius 3 is 1.80 bits per heavy atom. The Morgan fingerprint density at radius 2 is 1.24 bits per heavy atom. The van der Waals surface area contributed by atoms with E-state index < -0.39 is 0 Å². The standard InChI is InChI=1S/C23H29NO/c1-16(2)24(17(3)4)23(25)22-15-20-10-9-18-5-7-19(8-6-18)11-13-21(22)14-12-20/h5-8,12,14-17H,9-11,13H2,1-4H3. The van der Waals surface area contributed by atoms with E-state index in [-0.39, 0.29) is 18.0 Å². The SMILES string of the molecule is CC(C)N(C(=O)c1cc2ccc1CCc1ccc(cc1)CC2)C(C)C. The van der Waals surface area contributed by atoms with Gasteiger partial charge in [0.05, 0.1) is 0 Å². The predicted octanol–water partition coefficient (Wildman–Crippen LogP) is 4.83. The molecule has 1 amide bonds. The van der Waals surface area contributed by atoms with Gasteiger partial charge in [-0.1, -0.05) is 36.4 Å². The number of rotatable bonds is 3. The summed E-state index contributed by atoms with van der Waals surface area (Å²) in [7, 11) is 0. The average Bonchev–Trinajstić information content (AvgIpc) is 2.56. The van der Waals surface area contributed by atoms with Gasteiger partial charge in [-0.05, 0) is 81.7 Å². The van der Waals surface area contributed by atoms with Gasteiger partial charge in [-0.15, -0.1) is 0 Å². The van der Waals surface area contributed by atoms with E-state index in [0.717, 1.165) is 31.2 Å². The van der Waals surface area contributed by atoms with E-state index in [1.807, 2.05) is 4.90 Å². The number of carbonyl (C=O) groups is 1. The van der Waals surface area contributed by atoms with Crippen LogP contribution in [0.4, 0.5) is 0 Å². The minimum atomic E-state index is 0.174. The lowest BCUT2D eigenvalue weighted by Gasteiger charge is -2.31. The highest BCUT2D eigenvalue weighted by Crippen LogP contribution is 2.22. The lowest BCUT2D eigenvalue weighted by atomic mass is 9.92. The summed E-state index contributed by atoms with van der Waals surface area (Å²) in [5, 5.41) is 0. The molecule has 25 heavy (non-hydrogen) atoms. The van der Waals surface area contributed by atoms with Gasteiger partial charge in [0, 0.05) is 17.6 Å². The van der Waals surface area contributed by atoms with Crippen molar-refractivity contribution in [3.05, 3.63) is 70.3 Å². The molecule has 2 aromatic rings. The fraction of sp³-hybridized carbons (Fsp3) is 0.435. The van der Waals surface area contributed by atoms with Crippen molar-refractivity contribution in [3.8, 4) is 0 Å². The van der Waals surface area contributed by atoms with Gasteiger partial charge >= 0.3 is 0 Å². The molecule has 4 aliphatic rings. The Hall–Kier alpha value is -2.09. The Bertz CT molecular complexity index is 735. The Morgan fingerprint density at radius 1 is 0.760 bits per heavy atom. The zero-order valence-corrected chi connectivity index (χ0v) is 15.9. The molecule has 6 rings (SSSR count). The van der Waals surface area contributed by atoms with Crippen LogP contribution in [0.5, 0.6) is 0 Å². The minimum Gasteiger partial charge on any atom is -0.334 e.